The van der Waals surface area contributed by atoms with Crippen molar-refractivity contribution < 1.29 is 32.2 Å². The van der Waals surface area contributed by atoms with Gasteiger partial charge in [0.15, 0.2) is 6.10 Å². The number of nitrogens with one attached hydrogen (secondary N) is 2. The molecular formula is C24H28ClN3O7S. The largest absolute Gasteiger partial charge is 0.495 e. The molecule has 194 valence electrons. The molecular weight excluding hydrogens is 510 g/mol. The third-order valence-electron chi connectivity index (χ3n) is 6.31. The van der Waals surface area contributed by atoms with Gasteiger partial charge in [-0.1, -0.05) is 11.6 Å². The average Bonchev–Trinajstić information content (AvgIpc) is 2.85. The number of methoxy groups -OCH3 is 2. The van der Waals surface area contributed by atoms with Crippen LogP contribution in [0.5, 0.6) is 17.2 Å². The molecule has 0 saturated carbocycles. The first-order chi connectivity index (χ1) is 17.0. The zero-order valence-electron chi connectivity index (χ0n) is 20.4. The number of carbonyl (C=O) groups is 2. The summed E-state index contributed by atoms with van der Waals surface area (Å²) in [6.45, 7) is 3.55. The Balaban J connectivity index is 1.55. The van der Waals surface area contributed by atoms with Gasteiger partial charge in [0.25, 0.3) is 5.91 Å². The van der Waals surface area contributed by atoms with Crippen LogP contribution in [-0.4, -0.2) is 58.0 Å². The Morgan fingerprint density at radius 1 is 1.19 bits per heavy atom. The lowest BCUT2D eigenvalue weighted by atomic mass is 9.98. The monoisotopic (exact) mass is 537 g/mol. The molecule has 1 saturated heterocycles. The summed E-state index contributed by atoms with van der Waals surface area (Å²) in [7, 11) is -0.989. The lowest BCUT2D eigenvalue weighted by Gasteiger charge is -2.32. The van der Waals surface area contributed by atoms with Gasteiger partial charge in [-0.05, 0) is 44.4 Å². The summed E-state index contributed by atoms with van der Waals surface area (Å²) in [5.74, 6) is -0.141. The second-order valence-corrected chi connectivity index (χ2v) is 11.1. The van der Waals surface area contributed by atoms with E-state index in [1.54, 1.807) is 26.0 Å². The van der Waals surface area contributed by atoms with E-state index in [4.69, 9.17) is 25.8 Å². The van der Waals surface area contributed by atoms with Crippen molar-refractivity contribution in [2.45, 2.75) is 37.7 Å². The van der Waals surface area contributed by atoms with E-state index in [2.05, 4.69) is 10.6 Å². The number of halogens is 1. The van der Waals surface area contributed by atoms with E-state index in [1.807, 2.05) is 0 Å². The summed E-state index contributed by atoms with van der Waals surface area (Å²) in [5, 5.41) is 5.84. The van der Waals surface area contributed by atoms with Crippen molar-refractivity contribution in [3.8, 4) is 17.2 Å². The average molecular weight is 538 g/mol. The molecule has 10 nitrogen and oxygen atoms in total. The molecule has 2 amide bonds. The standard InChI is InChI=1S/C24H28ClN3O7S/c1-13-8-17-21(35-14(2)23(29)26-17)11-22(13)36(31,32)28-7-5-6-15(12-28)24(30)27-18-9-16(25)19(33-3)10-20(18)34-4/h8-11,14-15H,5-7,12H2,1-4H3,(H,26,29)(H,27,30)/t14-,15+/m0/s1. The van der Waals surface area contributed by atoms with E-state index in [9.17, 15) is 18.0 Å². The van der Waals surface area contributed by atoms with E-state index in [-0.39, 0.29) is 29.8 Å². The fourth-order valence-corrected chi connectivity index (χ4v) is 6.31. The Morgan fingerprint density at radius 2 is 1.92 bits per heavy atom. The van der Waals surface area contributed by atoms with Gasteiger partial charge in [-0.15, -0.1) is 0 Å². The number of nitrogens with zero attached hydrogens (tertiary/aromatic N) is 1. The summed E-state index contributed by atoms with van der Waals surface area (Å²) in [4.78, 5) is 25.1. The van der Waals surface area contributed by atoms with Crippen LogP contribution in [0.3, 0.4) is 0 Å². The van der Waals surface area contributed by atoms with Crippen LogP contribution < -0.4 is 24.8 Å². The maximum atomic E-state index is 13.6. The Hall–Kier alpha value is -3.02. The molecule has 4 rings (SSSR count). The molecule has 2 aliphatic heterocycles. The third kappa shape index (κ3) is 4.95. The molecule has 2 atom stereocenters. The number of ether oxygens (including phenoxy) is 3. The second-order valence-electron chi connectivity index (χ2n) is 8.74. The number of hydrogen-bond donors (Lipinski definition) is 2. The number of hydrogen-bond acceptors (Lipinski definition) is 7. The minimum atomic E-state index is -3.93. The van der Waals surface area contributed by atoms with Crippen molar-refractivity contribution >= 4 is 44.8 Å². The van der Waals surface area contributed by atoms with Gasteiger partial charge in [-0.25, -0.2) is 8.42 Å². The third-order valence-corrected chi connectivity index (χ3v) is 8.62. The van der Waals surface area contributed by atoms with Crippen molar-refractivity contribution in [1.29, 1.82) is 0 Å². The van der Waals surface area contributed by atoms with Gasteiger partial charge in [0.2, 0.25) is 15.9 Å². The van der Waals surface area contributed by atoms with E-state index in [0.717, 1.165) is 0 Å². The summed E-state index contributed by atoms with van der Waals surface area (Å²) in [6, 6.07) is 6.12. The smallest absolute Gasteiger partial charge is 0.265 e. The molecule has 0 aromatic heterocycles. The summed E-state index contributed by atoms with van der Waals surface area (Å²) >= 11 is 6.21. The van der Waals surface area contributed by atoms with E-state index in [0.29, 0.717) is 52.1 Å². The molecule has 0 aliphatic carbocycles. The first kappa shape index (κ1) is 26.1. The van der Waals surface area contributed by atoms with Gasteiger partial charge in [0.05, 0.1) is 41.4 Å². The molecule has 0 radical (unpaired) electrons. The number of benzene rings is 2. The predicted molar refractivity (Wildman–Crippen MR) is 135 cm³/mol. The van der Waals surface area contributed by atoms with Crippen LogP contribution >= 0.6 is 11.6 Å². The molecule has 0 bridgehead atoms. The number of piperidine rings is 1. The zero-order valence-corrected chi connectivity index (χ0v) is 22.0. The molecule has 36 heavy (non-hydrogen) atoms. The van der Waals surface area contributed by atoms with E-state index in [1.165, 1.54) is 30.7 Å². The normalized spacial score (nSPS) is 20.1. The number of sulfonamides is 1. The molecule has 12 heteroatoms. The van der Waals surface area contributed by atoms with Gasteiger partial charge < -0.3 is 24.8 Å². The topological polar surface area (TPSA) is 123 Å². The molecule has 1 fully saturated rings. The molecule has 2 N–H and O–H groups in total. The van der Waals surface area contributed by atoms with Crippen LogP contribution in [0.15, 0.2) is 29.2 Å². The first-order valence-electron chi connectivity index (χ1n) is 11.4. The zero-order chi connectivity index (χ0) is 26.2. The van der Waals surface area contributed by atoms with Crippen LogP contribution in [0.25, 0.3) is 0 Å². The minimum absolute atomic E-state index is 0.0187. The van der Waals surface area contributed by atoms with E-state index >= 15 is 0 Å². The van der Waals surface area contributed by atoms with Crippen molar-refractivity contribution in [3.05, 3.63) is 34.9 Å². The van der Waals surface area contributed by atoms with Crippen LogP contribution in [0.1, 0.15) is 25.3 Å². The number of fused-ring (bicyclic) bond motifs is 1. The SMILES string of the molecule is COc1cc(OC)c(NC(=O)[C@@H]2CCCN(S(=O)(=O)c3cc4c(cc3C)NC(=O)[C@H](C)O4)C2)cc1Cl. The maximum absolute atomic E-state index is 13.6. The molecule has 0 unspecified atom stereocenters. The fourth-order valence-electron chi connectivity index (χ4n) is 4.33. The number of rotatable bonds is 6. The Bertz CT molecular complexity index is 1320. The van der Waals surface area contributed by atoms with Crippen LogP contribution in [0, 0.1) is 12.8 Å². The van der Waals surface area contributed by atoms with Crippen molar-refractivity contribution in [3.63, 3.8) is 0 Å². The minimum Gasteiger partial charge on any atom is -0.495 e. The lowest BCUT2D eigenvalue weighted by molar-refractivity contribution is -0.123. The lowest BCUT2D eigenvalue weighted by Crippen LogP contribution is -2.44. The maximum Gasteiger partial charge on any atom is 0.265 e. The number of anilines is 2. The van der Waals surface area contributed by atoms with Gasteiger partial charge >= 0.3 is 0 Å². The van der Waals surface area contributed by atoms with Gasteiger partial charge in [-0.2, -0.15) is 4.31 Å². The van der Waals surface area contributed by atoms with Gasteiger partial charge in [0.1, 0.15) is 17.2 Å². The van der Waals surface area contributed by atoms with Crippen molar-refractivity contribution in [2.75, 3.05) is 37.9 Å². The van der Waals surface area contributed by atoms with Gasteiger partial charge in [0, 0.05) is 25.2 Å². The van der Waals surface area contributed by atoms with Gasteiger partial charge in [-0.3, -0.25) is 9.59 Å². The number of carbonyl (C=O) groups excluding carboxylic acids is 2. The number of aryl methyl sites for hydroxylation is 1. The van der Waals surface area contributed by atoms with Crippen LogP contribution in [-0.2, 0) is 19.6 Å². The highest BCUT2D eigenvalue weighted by molar-refractivity contribution is 7.89. The second kappa shape index (κ2) is 10.2. The Kier molecular flexibility index (Phi) is 7.35. The quantitative estimate of drug-likeness (QED) is 0.578. The van der Waals surface area contributed by atoms with Crippen LogP contribution in [0.2, 0.25) is 5.02 Å². The Labute approximate surface area is 214 Å². The van der Waals surface area contributed by atoms with E-state index < -0.39 is 22.0 Å². The Morgan fingerprint density at radius 3 is 2.61 bits per heavy atom. The highest BCUT2D eigenvalue weighted by Crippen LogP contribution is 2.38. The van der Waals surface area contributed by atoms with Crippen molar-refractivity contribution in [2.24, 2.45) is 5.92 Å². The molecule has 2 aliphatic rings. The molecule has 2 aromatic carbocycles. The predicted octanol–water partition coefficient (Wildman–Crippen LogP) is 3.42. The number of amides is 2. The highest BCUT2D eigenvalue weighted by Gasteiger charge is 2.36. The highest BCUT2D eigenvalue weighted by atomic mass is 35.5. The fraction of sp³-hybridized carbons (Fsp3) is 0.417. The summed E-state index contributed by atoms with van der Waals surface area (Å²) in [5.41, 5.74) is 1.26. The molecule has 2 aromatic rings. The summed E-state index contributed by atoms with van der Waals surface area (Å²) in [6.07, 6.45) is 0.313. The van der Waals surface area contributed by atoms with Crippen LogP contribution in [0.4, 0.5) is 11.4 Å². The summed E-state index contributed by atoms with van der Waals surface area (Å²) < 4.78 is 44.6. The van der Waals surface area contributed by atoms with Crippen molar-refractivity contribution in [1.82, 2.24) is 4.31 Å². The first-order valence-corrected chi connectivity index (χ1v) is 13.2. The molecule has 0 spiro atoms. The molecule has 2 heterocycles.